The van der Waals surface area contributed by atoms with Crippen LogP contribution in [0.4, 0.5) is 10.1 Å². The number of benzene rings is 1. The third-order valence-corrected chi connectivity index (χ3v) is 2.89. The molecule has 0 unspecified atom stereocenters. The minimum Gasteiger partial charge on any atom is -0.322 e. The summed E-state index contributed by atoms with van der Waals surface area (Å²) in [5, 5.41) is 2.58. The number of amides is 1. The summed E-state index contributed by atoms with van der Waals surface area (Å²) in [6.07, 6.45) is 1.51. The Labute approximate surface area is 116 Å². The average molecular weight is 330 g/mol. The first-order valence-corrected chi connectivity index (χ1v) is 6.11. The lowest BCUT2D eigenvalue weighted by Crippen LogP contribution is -2.12. The molecule has 1 heterocycles. The van der Waals surface area contributed by atoms with Crippen molar-refractivity contribution >= 4 is 39.1 Å². The molecule has 0 saturated heterocycles. The molecule has 0 aliphatic rings. The number of hydrogen-bond donors (Lipinski definition) is 1. The lowest BCUT2D eigenvalue weighted by molar-refractivity contribution is 0.102. The van der Waals surface area contributed by atoms with Crippen LogP contribution in [0.3, 0.4) is 0 Å². The van der Waals surface area contributed by atoms with Crippen LogP contribution in [-0.4, -0.2) is 10.9 Å². The van der Waals surface area contributed by atoms with Gasteiger partial charge < -0.3 is 5.32 Å². The van der Waals surface area contributed by atoms with Crippen LogP contribution in [0, 0.1) is 5.82 Å². The fourth-order valence-electron chi connectivity index (χ4n) is 1.32. The lowest BCUT2D eigenvalue weighted by Gasteiger charge is -2.06. The standard InChI is InChI=1S/C12H7BrClFN2O/c13-11-5-7(3-4-16-11)12(18)17-8-1-2-10(15)9(14)6-8/h1-6H,(H,17,18). The number of carbonyl (C=O) groups excluding carboxylic acids is 1. The molecule has 0 fully saturated rings. The summed E-state index contributed by atoms with van der Waals surface area (Å²) in [5.74, 6) is -0.845. The van der Waals surface area contributed by atoms with Gasteiger partial charge in [-0.05, 0) is 46.3 Å². The lowest BCUT2D eigenvalue weighted by atomic mass is 10.2. The largest absolute Gasteiger partial charge is 0.322 e. The number of pyridine rings is 1. The second kappa shape index (κ2) is 5.46. The van der Waals surface area contributed by atoms with Gasteiger partial charge in [0.25, 0.3) is 5.91 Å². The van der Waals surface area contributed by atoms with E-state index < -0.39 is 5.82 Å². The topological polar surface area (TPSA) is 42.0 Å². The van der Waals surface area contributed by atoms with E-state index in [1.807, 2.05) is 0 Å². The van der Waals surface area contributed by atoms with Crippen molar-refractivity contribution in [3.63, 3.8) is 0 Å². The molecule has 2 aromatic rings. The van der Waals surface area contributed by atoms with E-state index in [1.54, 1.807) is 12.1 Å². The second-order valence-electron chi connectivity index (χ2n) is 3.45. The van der Waals surface area contributed by atoms with Gasteiger partial charge in [-0.15, -0.1) is 0 Å². The van der Waals surface area contributed by atoms with E-state index in [4.69, 9.17) is 11.6 Å². The van der Waals surface area contributed by atoms with Gasteiger partial charge in [0.15, 0.2) is 0 Å². The molecule has 0 radical (unpaired) electrons. The van der Waals surface area contributed by atoms with Gasteiger partial charge in [-0.1, -0.05) is 11.6 Å². The summed E-state index contributed by atoms with van der Waals surface area (Å²) in [5.41, 5.74) is 0.872. The zero-order chi connectivity index (χ0) is 13.1. The predicted octanol–water partition coefficient (Wildman–Crippen LogP) is 3.89. The second-order valence-corrected chi connectivity index (χ2v) is 4.67. The quantitative estimate of drug-likeness (QED) is 0.849. The number of hydrogen-bond acceptors (Lipinski definition) is 2. The Kier molecular flexibility index (Phi) is 3.93. The van der Waals surface area contributed by atoms with Gasteiger partial charge in [-0.2, -0.15) is 0 Å². The highest BCUT2D eigenvalue weighted by Gasteiger charge is 2.08. The van der Waals surface area contributed by atoms with Crippen LogP contribution in [-0.2, 0) is 0 Å². The number of anilines is 1. The van der Waals surface area contributed by atoms with Crippen LogP contribution in [0.25, 0.3) is 0 Å². The van der Waals surface area contributed by atoms with Crippen molar-refractivity contribution < 1.29 is 9.18 Å². The van der Waals surface area contributed by atoms with Crippen LogP contribution < -0.4 is 5.32 Å². The van der Waals surface area contributed by atoms with Crippen LogP contribution in [0.2, 0.25) is 5.02 Å². The first-order chi connectivity index (χ1) is 8.56. The van der Waals surface area contributed by atoms with Gasteiger partial charge in [0.1, 0.15) is 10.4 Å². The highest BCUT2D eigenvalue weighted by molar-refractivity contribution is 9.10. The molecule has 2 rings (SSSR count). The van der Waals surface area contributed by atoms with E-state index in [0.29, 0.717) is 15.9 Å². The maximum atomic E-state index is 13.0. The normalized spacial score (nSPS) is 10.2. The zero-order valence-corrected chi connectivity index (χ0v) is 11.3. The van der Waals surface area contributed by atoms with Crippen LogP contribution in [0.15, 0.2) is 41.1 Å². The molecule has 3 nitrogen and oxygen atoms in total. The molecular weight excluding hydrogens is 322 g/mol. The number of nitrogens with zero attached hydrogens (tertiary/aromatic N) is 1. The summed E-state index contributed by atoms with van der Waals surface area (Å²) in [6.45, 7) is 0. The minimum absolute atomic E-state index is 0.0382. The Morgan fingerprint density at radius 1 is 1.33 bits per heavy atom. The molecular formula is C12H7BrClFN2O. The molecule has 0 aliphatic heterocycles. The van der Waals surface area contributed by atoms with E-state index in [9.17, 15) is 9.18 Å². The SMILES string of the molecule is O=C(Nc1ccc(F)c(Cl)c1)c1ccnc(Br)c1. The molecule has 1 amide bonds. The van der Waals surface area contributed by atoms with Crippen LogP contribution in [0.5, 0.6) is 0 Å². The molecule has 92 valence electrons. The van der Waals surface area contributed by atoms with Crippen molar-refractivity contribution in [3.8, 4) is 0 Å². The Bertz CT molecular complexity index is 606. The molecule has 0 atom stereocenters. The van der Waals surface area contributed by atoms with Crippen molar-refractivity contribution in [1.82, 2.24) is 4.98 Å². The number of rotatable bonds is 2. The summed E-state index contributed by atoms with van der Waals surface area (Å²) in [4.78, 5) is 15.8. The number of nitrogens with one attached hydrogen (secondary N) is 1. The Balaban J connectivity index is 2.18. The number of aromatic nitrogens is 1. The Morgan fingerprint density at radius 2 is 2.11 bits per heavy atom. The molecule has 0 bridgehead atoms. The summed E-state index contributed by atoms with van der Waals surface area (Å²) >= 11 is 8.80. The van der Waals surface area contributed by atoms with Gasteiger partial charge in [0.05, 0.1) is 5.02 Å². The number of carbonyl (C=O) groups is 1. The van der Waals surface area contributed by atoms with Crippen LogP contribution >= 0.6 is 27.5 Å². The minimum atomic E-state index is -0.527. The van der Waals surface area contributed by atoms with E-state index in [1.165, 1.54) is 24.4 Å². The molecule has 0 spiro atoms. The van der Waals surface area contributed by atoms with Crippen LogP contribution in [0.1, 0.15) is 10.4 Å². The van der Waals surface area contributed by atoms with Gasteiger partial charge in [-0.3, -0.25) is 4.79 Å². The van der Waals surface area contributed by atoms with Crippen molar-refractivity contribution in [2.24, 2.45) is 0 Å². The van der Waals surface area contributed by atoms with Gasteiger partial charge in [0.2, 0.25) is 0 Å². The Hall–Kier alpha value is -1.46. The van der Waals surface area contributed by atoms with Gasteiger partial charge >= 0.3 is 0 Å². The fraction of sp³-hybridized carbons (Fsp3) is 0. The molecule has 18 heavy (non-hydrogen) atoms. The van der Waals surface area contributed by atoms with Gasteiger partial charge in [0, 0.05) is 17.4 Å². The Morgan fingerprint density at radius 3 is 2.78 bits per heavy atom. The molecule has 0 saturated carbocycles. The molecule has 6 heteroatoms. The third kappa shape index (κ3) is 3.05. The van der Waals surface area contributed by atoms with E-state index in [2.05, 4.69) is 26.2 Å². The maximum Gasteiger partial charge on any atom is 0.255 e. The average Bonchev–Trinajstić information content (AvgIpc) is 2.34. The highest BCUT2D eigenvalue weighted by atomic mass is 79.9. The third-order valence-electron chi connectivity index (χ3n) is 2.17. The molecule has 1 aromatic heterocycles. The van der Waals surface area contributed by atoms with E-state index in [-0.39, 0.29) is 10.9 Å². The summed E-state index contributed by atoms with van der Waals surface area (Å²) < 4.78 is 13.5. The van der Waals surface area contributed by atoms with Gasteiger partial charge in [-0.25, -0.2) is 9.37 Å². The summed E-state index contributed by atoms with van der Waals surface area (Å²) in [7, 11) is 0. The highest BCUT2D eigenvalue weighted by Crippen LogP contribution is 2.20. The smallest absolute Gasteiger partial charge is 0.255 e. The van der Waals surface area contributed by atoms with E-state index in [0.717, 1.165) is 0 Å². The number of halogens is 3. The fourth-order valence-corrected chi connectivity index (χ4v) is 1.87. The maximum absolute atomic E-state index is 13.0. The summed E-state index contributed by atoms with van der Waals surface area (Å²) in [6, 6.07) is 7.15. The van der Waals surface area contributed by atoms with Crippen molar-refractivity contribution in [2.45, 2.75) is 0 Å². The van der Waals surface area contributed by atoms with E-state index >= 15 is 0 Å². The molecule has 1 N–H and O–H groups in total. The zero-order valence-electron chi connectivity index (χ0n) is 8.95. The first-order valence-electron chi connectivity index (χ1n) is 4.94. The van der Waals surface area contributed by atoms with Crippen molar-refractivity contribution in [1.29, 1.82) is 0 Å². The molecule has 0 aliphatic carbocycles. The molecule has 1 aromatic carbocycles. The van der Waals surface area contributed by atoms with Crippen molar-refractivity contribution in [3.05, 3.63) is 57.5 Å². The predicted molar refractivity (Wildman–Crippen MR) is 71.3 cm³/mol. The van der Waals surface area contributed by atoms with Crippen molar-refractivity contribution in [2.75, 3.05) is 5.32 Å². The monoisotopic (exact) mass is 328 g/mol. The first kappa shape index (κ1) is 13.0.